The first-order chi connectivity index (χ1) is 6.27. The van der Waals surface area contributed by atoms with Gasteiger partial charge >= 0.3 is 0 Å². The van der Waals surface area contributed by atoms with E-state index in [9.17, 15) is 0 Å². The zero-order valence-electron chi connectivity index (χ0n) is 7.60. The fourth-order valence-corrected chi connectivity index (χ4v) is 1.08. The van der Waals surface area contributed by atoms with Crippen LogP contribution in [0.15, 0.2) is 18.6 Å². The molecular weight excluding hydrogens is 164 g/mol. The monoisotopic (exact) mass is 174 g/mol. The summed E-state index contributed by atoms with van der Waals surface area (Å²) in [5, 5.41) is 7.50. The third kappa shape index (κ3) is 1.47. The van der Waals surface area contributed by atoms with E-state index in [0.29, 0.717) is 5.92 Å². The van der Waals surface area contributed by atoms with Gasteiger partial charge in [-0.1, -0.05) is 13.8 Å². The minimum Gasteiger partial charge on any atom is -0.251 e. The van der Waals surface area contributed by atoms with E-state index in [0.717, 1.165) is 16.7 Å². The molecular formula is C9H10N4. The molecule has 0 saturated carbocycles. The number of rotatable bonds is 1. The third-order valence-corrected chi connectivity index (χ3v) is 1.87. The molecule has 4 heteroatoms. The van der Waals surface area contributed by atoms with Gasteiger partial charge in [-0.3, -0.25) is 4.98 Å². The molecule has 0 aliphatic rings. The zero-order chi connectivity index (χ0) is 9.26. The lowest BCUT2D eigenvalue weighted by Gasteiger charge is -2.03. The topological polar surface area (TPSA) is 51.6 Å². The largest absolute Gasteiger partial charge is 0.251 e. The summed E-state index contributed by atoms with van der Waals surface area (Å²) in [6.07, 6.45) is 5.04. The van der Waals surface area contributed by atoms with Crippen LogP contribution in [0.3, 0.4) is 0 Å². The first-order valence-electron chi connectivity index (χ1n) is 4.20. The lowest BCUT2D eigenvalue weighted by atomic mass is 10.1. The smallest absolute Gasteiger partial charge is 0.111 e. The van der Waals surface area contributed by atoms with Crippen LogP contribution in [0.2, 0.25) is 0 Å². The molecule has 0 saturated heterocycles. The number of nitrogens with zero attached hydrogens (tertiary/aromatic N) is 4. The second-order valence-electron chi connectivity index (χ2n) is 3.21. The molecule has 0 N–H and O–H groups in total. The highest BCUT2D eigenvalue weighted by atomic mass is 15.1. The Bertz CT molecular complexity index is 425. The minimum absolute atomic E-state index is 0.394. The van der Waals surface area contributed by atoms with Gasteiger partial charge in [-0.2, -0.15) is 10.2 Å². The number of hydrogen-bond donors (Lipinski definition) is 0. The van der Waals surface area contributed by atoms with Gasteiger partial charge in [0, 0.05) is 6.20 Å². The summed E-state index contributed by atoms with van der Waals surface area (Å²) in [6.45, 7) is 4.18. The normalized spacial score (nSPS) is 11.0. The minimum atomic E-state index is 0.394. The number of aromatic nitrogens is 4. The van der Waals surface area contributed by atoms with E-state index >= 15 is 0 Å². The van der Waals surface area contributed by atoms with Crippen molar-refractivity contribution in [1.29, 1.82) is 0 Å². The van der Waals surface area contributed by atoms with E-state index in [1.54, 1.807) is 18.6 Å². The zero-order valence-corrected chi connectivity index (χ0v) is 7.60. The summed E-state index contributed by atoms with van der Waals surface area (Å²) >= 11 is 0. The Morgan fingerprint density at radius 1 is 1.00 bits per heavy atom. The van der Waals surface area contributed by atoms with Gasteiger partial charge in [0.15, 0.2) is 0 Å². The SMILES string of the molecule is CC(C)c1cnc2cnncc2n1. The molecule has 13 heavy (non-hydrogen) atoms. The summed E-state index contributed by atoms with van der Waals surface area (Å²) in [5.41, 5.74) is 2.58. The molecule has 0 aliphatic carbocycles. The fraction of sp³-hybridized carbons (Fsp3) is 0.333. The van der Waals surface area contributed by atoms with E-state index in [2.05, 4.69) is 34.0 Å². The van der Waals surface area contributed by atoms with Crippen LogP contribution in [-0.2, 0) is 0 Å². The summed E-state index contributed by atoms with van der Waals surface area (Å²) in [4.78, 5) is 8.65. The summed E-state index contributed by atoms with van der Waals surface area (Å²) in [6, 6.07) is 0. The van der Waals surface area contributed by atoms with E-state index in [4.69, 9.17) is 0 Å². The highest BCUT2D eigenvalue weighted by Gasteiger charge is 2.02. The van der Waals surface area contributed by atoms with Crippen LogP contribution in [0.4, 0.5) is 0 Å². The molecule has 4 nitrogen and oxygen atoms in total. The van der Waals surface area contributed by atoms with Crippen LogP contribution in [0.25, 0.3) is 11.0 Å². The Morgan fingerprint density at radius 3 is 2.38 bits per heavy atom. The highest BCUT2D eigenvalue weighted by molar-refractivity contribution is 5.71. The first-order valence-corrected chi connectivity index (χ1v) is 4.20. The maximum Gasteiger partial charge on any atom is 0.111 e. The lowest BCUT2D eigenvalue weighted by molar-refractivity contribution is 0.820. The fourth-order valence-electron chi connectivity index (χ4n) is 1.08. The number of hydrogen-bond acceptors (Lipinski definition) is 4. The molecule has 0 atom stereocenters. The first kappa shape index (κ1) is 8.04. The number of fused-ring (bicyclic) bond motifs is 1. The molecule has 2 aromatic rings. The standard InChI is InChI=1S/C9H10N4/c1-6(2)7-3-10-8-4-11-12-5-9(8)13-7/h3-6H,1-2H3. The summed E-state index contributed by atoms with van der Waals surface area (Å²) < 4.78 is 0. The van der Waals surface area contributed by atoms with Gasteiger partial charge < -0.3 is 0 Å². The van der Waals surface area contributed by atoms with Crippen LogP contribution in [0.1, 0.15) is 25.5 Å². The molecule has 0 aliphatic heterocycles. The molecule has 0 aromatic carbocycles. The highest BCUT2D eigenvalue weighted by Crippen LogP contribution is 2.12. The Morgan fingerprint density at radius 2 is 1.69 bits per heavy atom. The van der Waals surface area contributed by atoms with Gasteiger partial charge in [0.05, 0.1) is 18.1 Å². The van der Waals surface area contributed by atoms with Crippen molar-refractivity contribution in [3.63, 3.8) is 0 Å². The average molecular weight is 174 g/mol. The van der Waals surface area contributed by atoms with Gasteiger partial charge in [-0.25, -0.2) is 4.98 Å². The van der Waals surface area contributed by atoms with E-state index in [1.807, 2.05) is 0 Å². The van der Waals surface area contributed by atoms with Crippen molar-refractivity contribution >= 4 is 11.0 Å². The Kier molecular flexibility index (Phi) is 1.88. The van der Waals surface area contributed by atoms with Crippen molar-refractivity contribution in [2.24, 2.45) is 0 Å². The van der Waals surface area contributed by atoms with Crippen molar-refractivity contribution in [2.75, 3.05) is 0 Å². The maximum absolute atomic E-state index is 4.41. The van der Waals surface area contributed by atoms with Gasteiger partial charge in [-0.05, 0) is 5.92 Å². The lowest BCUT2D eigenvalue weighted by Crippen LogP contribution is -1.95. The van der Waals surface area contributed by atoms with Crippen LogP contribution in [0, 0.1) is 0 Å². The predicted octanol–water partition coefficient (Wildman–Crippen LogP) is 1.54. The van der Waals surface area contributed by atoms with Gasteiger partial charge in [0.2, 0.25) is 0 Å². The molecule has 0 spiro atoms. The van der Waals surface area contributed by atoms with Gasteiger partial charge in [0.25, 0.3) is 0 Å². The average Bonchev–Trinajstić information content (AvgIpc) is 2.17. The van der Waals surface area contributed by atoms with Crippen LogP contribution >= 0.6 is 0 Å². The molecule has 2 rings (SSSR count). The van der Waals surface area contributed by atoms with Crippen molar-refractivity contribution in [2.45, 2.75) is 19.8 Å². The van der Waals surface area contributed by atoms with Crippen molar-refractivity contribution in [1.82, 2.24) is 20.2 Å². The molecule has 2 heterocycles. The van der Waals surface area contributed by atoms with Gasteiger partial charge in [0.1, 0.15) is 11.0 Å². The molecule has 0 unspecified atom stereocenters. The molecule has 0 fully saturated rings. The van der Waals surface area contributed by atoms with Crippen molar-refractivity contribution in [3.05, 3.63) is 24.3 Å². The third-order valence-electron chi connectivity index (χ3n) is 1.87. The quantitative estimate of drug-likeness (QED) is 0.658. The van der Waals surface area contributed by atoms with E-state index in [1.165, 1.54) is 0 Å². The van der Waals surface area contributed by atoms with Crippen LogP contribution < -0.4 is 0 Å². The summed E-state index contributed by atoms with van der Waals surface area (Å²) in [5.74, 6) is 0.394. The van der Waals surface area contributed by atoms with Crippen LogP contribution in [0.5, 0.6) is 0 Å². The predicted molar refractivity (Wildman–Crippen MR) is 49.2 cm³/mol. The molecule has 66 valence electrons. The molecule has 0 amide bonds. The van der Waals surface area contributed by atoms with E-state index in [-0.39, 0.29) is 0 Å². The molecule has 0 radical (unpaired) electrons. The molecule has 2 aromatic heterocycles. The van der Waals surface area contributed by atoms with E-state index < -0.39 is 0 Å². The summed E-state index contributed by atoms with van der Waals surface area (Å²) in [7, 11) is 0. The van der Waals surface area contributed by atoms with Crippen LogP contribution in [-0.4, -0.2) is 20.2 Å². The van der Waals surface area contributed by atoms with Crippen molar-refractivity contribution < 1.29 is 0 Å². The Hall–Kier alpha value is -1.58. The van der Waals surface area contributed by atoms with Crippen molar-refractivity contribution in [3.8, 4) is 0 Å². The Labute approximate surface area is 76.1 Å². The van der Waals surface area contributed by atoms with Gasteiger partial charge in [-0.15, -0.1) is 0 Å². The molecule has 0 bridgehead atoms. The second-order valence-corrected chi connectivity index (χ2v) is 3.21. The Balaban J connectivity index is 2.62. The maximum atomic E-state index is 4.41. The second kappa shape index (κ2) is 3.05.